The lowest BCUT2D eigenvalue weighted by atomic mass is 10.1. The van der Waals surface area contributed by atoms with Gasteiger partial charge in [0.1, 0.15) is 11.6 Å². The molecule has 0 bridgehead atoms. The molecule has 1 N–H and O–H groups in total. The van der Waals surface area contributed by atoms with Gasteiger partial charge in [-0.15, -0.1) is 0 Å². The average Bonchev–Trinajstić information content (AvgIpc) is 2.41. The van der Waals surface area contributed by atoms with Gasteiger partial charge in [0.05, 0.1) is 17.1 Å². The molecule has 0 saturated heterocycles. The molecule has 1 aromatic rings. The number of hydrogen-bond acceptors (Lipinski definition) is 5. The van der Waals surface area contributed by atoms with E-state index in [1.165, 1.54) is 6.07 Å². The molecule has 0 fully saturated rings. The van der Waals surface area contributed by atoms with E-state index < -0.39 is 0 Å². The van der Waals surface area contributed by atoms with Crippen molar-refractivity contribution in [1.29, 1.82) is 0 Å². The number of nitro groups is 1. The van der Waals surface area contributed by atoms with Gasteiger partial charge in [-0.05, 0) is 26.2 Å². The molecule has 0 saturated carbocycles. The lowest BCUT2D eigenvalue weighted by molar-refractivity contribution is -0.384. The summed E-state index contributed by atoms with van der Waals surface area (Å²) in [6.45, 7) is 12.0. The van der Waals surface area contributed by atoms with Crippen LogP contribution in [0.15, 0.2) is 12.1 Å². The van der Waals surface area contributed by atoms with Crippen LogP contribution in [0, 0.1) is 16.0 Å². The van der Waals surface area contributed by atoms with Gasteiger partial charge in [-0.3, -0.25) is 10.1 Å². The minimum absolute atomic E-state index is 0.0769. The van der Waals surface area contributed by atoms with Crippen LogP contribution in [-0.4, -0.2) is 29.0 Å². The van der Waals surface area contributed by atoms with Crippen LogP contribution in [0.1, 0.15) is 41.0 Å². The maximum absolute atomic E-state index is 11.1. The lowest BCUT2D eigenvalue weighted by Crippen LogP contribution is -2.35. The molecule has 1 heterocycles. The number of pyridine rings is 1. The standard InChI is InChI=1S/C15H26N4O2/c1-6-7-16-14-8-13(19(20)21)9-15(17-14)18(12(4)5)10-11(2)3/h8-9,11-12H,6-7,10H2,1-5H3,(H,16,17). The second-order valence-corrected chi connectivity index (χ2v) is 5.89. The van der Waals surface area contributed by atoms with E-state index in [1.54, 1.807) is 6.07 Å². The van der Waals surface area contributed by atoms with Crippen LogP contribution in [0.4, 0.5) is 17.3 Å². The first-order valence-electron chi connectivity index (χ1n) is 7.52. The fourth-order valence-electron chi connectivity index (χ4n) is 2.06. The topological polar surface area (TPSA) is 71.3 Å². The quantitative estimate of drug-likeness (QED) is 0.585. The Hall–Kier alpha value is -1.85. The largest absolute Gasteiger partial charge is 0.370 e. The summed E-state index contributed by atoms with van der Waals surface area (Å²) in [4.78, 5) is 17.4. The zero-order chi connectivity index (χ0) is 16.0. The summed E-state index contributed by atoms with van der Waals surface area (Å²) in [5, 5.41) is 14.3. The Balaban J connectivity index is 3.17. The molecular weight excluding hydrogens is 268 g/mol. The predicted octanol–water partition coefficient (Wildman–Crippen LogP) is 3.68. The van der Waals surface area contributed by atoms with E-state index in [0.717, 1.165) is 19.5 Å². The molecule has 0 spiro atoms. The van der Waals surface area contributed by atoms with Crippen molar-refractivity contribution in [2.75, 3.05) is 23.3 Å². The van der Waals surface area contributed by atoms with Crippen molar-refractivity contribution in [3.63, 3.8) is 0 Å². The number of anilines is 2. The summed E-state index contributed by atoms with van der Waals surface area (Å²) in [5.74, 6) is 1.68. The molecule has 0 aliphatic heterocycles. The van der Waals surface area contributed by atoms with Gasteiger partial charge in [-0.2, -0.15) is 0 Å². The van der Waals surface area contributed by atoms with Crippen LogP contribution in [0.2, 0.25) is 0 Å². The molecule has 6 heteroatoms. The number of rotatable bonds is 8. The number of nitrogens with one attached hydrogen (secondary N) is 1. The molecule has 118 valence electrons. The smallest absolute Gasteiger partial charge is 0.276 e. The summed E-state index contributed by atoms with van der Waals surface area (Å²) in [5.41, 5.74) is 0.0769. The van der Waals surface area contributed by atoms with Crippen molar-refractivity contribution in [2.24, 2.45) is 5.92 Å². The van der Waals surface area contributed by atoms with Gasteiger partial charge in [-0.1, -0.05) is 20.8 Å². The second-order valence-electron chi connectivity index (χ2n) is 5.89. The first kappa shape index (κ1) is 17.2. The molecule has 6 nitrogen and oxygen atoms in total. The molecule has 0 atom stereocenters. The summed E-state index contributed by atoms with van der Waals surface area (Å²) in [6.07, 6.45) is 0.944. The zero-order valence-electron chi connectivity index (χ0n) is 13.6. The van der Waals surface area contributed by atoms with Gasteiger partial charge < -0.3 is 10.2 Å². The van der Waals surface area contributed by atoms with Gasteiger partial charge in [0, 0.05) is 19.1 Å². The van der Waals surface area contributed by atoms with Gasteiger partial charge in [0.15, 0.2) is 0 Å². The lowest BCUT2D eigenvalue weighted by Gasteiger charge is -2.29. The van der Waals surface area contributed by atoms with Crippen molar-refractivity contribution in [2.45, 2.75) is 47.1 Å². The molecule has 0 unspecified atom stereocenters. The van der Waals surface area contributed by atoms with Gasteiger partial charge in [-0.25, -0.2) is 4.98 Å². The normalized spacial score (nSPS) is 11.0. The molecule has 1 rings (SSSR count). The Bertz CT molecular complexity index is 475. The first-order chi connectivity index (χ1) is 9.85. The molecule has 0 amide bonds. The first-order valence-corrected chi connectivity index (χ1v) is 7.52. The van der Waals surface area contributed by atoms with E-state index in [0.29, 0.717) is 17.6 Å². The van der Waals surface area contributed by atoms with E-state index in [-0.39, 0.29) is 16.7 Å². The number of nitrogens with zero attached hydrogens (tertiary/aromatic N) is 3. The number of aromatic nitrogens is 1. The highest BCUT2D eigenvalue weighted by Crippen LogP contribution is 2.25. The van der Waals surface area contributed by atoms with E-state index in [4.69, 9.17) is 0 Å². The number of hydrogen-bond donors (Lipinski definition) is 1. The van der Waals surface area contributed by atoms with E-state index in [2.05, 4.69) is 42.9 Å². The Labute approximate surface area is 126 Å². The Morgan fingerprint density at radius 1 is 1.33 bits per heavy atom. The summed E-state index contributed by atoms with van der Waals surface area (Å²) < 4.78 is 0. The van der Waals surface area contributed by atoms with Crippen molar-refractivity contribution in [1.82, 2.24) is 4.98 Å². The Morgan fingerprint density at radius 3 is 2.48 bits per heavy atom. The summed E-state index contributed by atoms with van der Waals surface area (Å²) in [6, 6.07) is 3.29. The molecular formula is C15H26N4O2. The maximum atomic E-state index is 11.1. The van der Waals surface area contributed by atoms with Crippen LogP contribution >= 0.6 is 0 Å². The van der Waals surface area contributed by atoms with Gasteiger partial charge in [0.25, 0.3) is 5.69 Å². The molecule has 0 aliphatic rings. The monoisotopic (exact) mass is 294 g/mol. The highest BCUT2D eigenvalue weighted by atomic mass is 16.6. The molecule has 1 aromatic heterocycles. The van der Waals surface area contributed by atoms with Gasteiger partial charge >= 0.3 is 0 Å². The maximum Gasteiger partial charge on any atom is 0.276 e. The van der Waals surface area contributed by atoms with Crippen molar-refractivity contribution in [3.8, 4) is 0 Å². The van der Waals surface area contributed by atoms with Crippen LogP contribution in [-0.2, 0) is 0 Å². The third-order valence-electron chi connectivity index (χ3n) is 3.04. The Morgan fingerprint density at radius 2 is 2.00 bits per heavy atom. The Kier molecular flexibility index (Phi) is 6.39. The fraction of sp³-hybridized carbons (Fsp3) is 0.667. The third-order valence-corrected chi connectivity index (χ3v) is 3.04. The van der Waals surface area contributed by atoms with Crippen LogP contribution < -0.4 is 10.2 Å². The van der Waals surface area contributed by atoms with Gasteiger partial charge in [0.2, 0.25) is 0 Å². The summed E-state index contributed by atoms with van der Waals surface area (Å²) >= 11 is 0. The van der Waals surface area contributed by atoms with E-state index in [9.17, 15) is 10.1 Å². The van der Waals surface area contributed by atoms with Crippen molar-refractivity contribution in [3.05, 3.63) is 22.2 Å². The van der Waals surface area contributed by atoms with Crippen molar-refractivity contribution < 1.29 is 4.92 Å². The predicted molar refractivity (Wildman–Crippen MR) is 87.0 cm³/mol. The molecule has 0 aromatic carbocycles. The molecule has 0 radical (unpaired) electrons. The van der Waals surface area contributed by atoms with Crippen LogP contribution in [0.25, 0.3) is 0 Å². The second kappa shape index (κ2) is 7.81. The van der Waals surface area contributed by atoms with E-state index >= 15 is 0 Å². The van der Waals surface area contributed by atoms with Crippen LogP contribution in [0.3, 0.4) is 0 Å². The summed E-state index contributed by atoms with van der Waals surface area (Å²) in [7, 11) is 0. The molecule has 21 heavy (non-hydrogen) atoms. The third kappa shape index (κ3) is 5.21. The van der Waals surface area contributed by atoms with Crippen molar-refractivity contribution >= 4 is 17.3 Å². The highest BCUT2D eigenvalue weighted by molar-refractivity contribution is 5.56. The minimum atomic E-state index is -0.365. The molecule has 0 aliphatic carbocycles. The van der Waals surface area contributed by atoms with E-state index in [1.807, 2.05) is 6.92 Å². The zero-order valence-corrected chi connectivity index (χ0v) is 13.6. The van der Waals surface area contributed by atoms with Crippen LogP contribution in [0.5, 0.6) is 0 Å². The highest BCUT2D eigenvalue weighted by Gasteiger charge is 2.18. The minimum Gasteiger partial charge on any atom is -0.370 e. The average molecular weight is 294 g/mol. The SMILES string of the molecule is CCCNc1cc([N+](=O)[O-])cc(N(CC(C)C)C(C)C)n1. The fourth-order valence-corrected chi connectivity index (χ4v) is 2.06.